The number of pyridine rings is 1. The molecule has 0 aliphatic rings. The van der Waals surface area contributed by atoms with E-state index in [1.165, 1.54) is 18.0 Å². The lowest BCUT2D eigenvalue weighted by Crippen LogP contribution is -2.41. The Kier molecular flexibility index (Phi) is 18.8. The summed E-state index contributed by atoms with van der Waals surface area (Å²) in [7, 11) is 7.51. The van der Waals surface area contributed by atoms with Gasteiger partial charge in [-0.3, -0.25) is 4.79 Å². The van der Waals surface area contributed by atoms with Crippen LogP contribution in [0.15, 0.2) is 58.2 Å². The van der Waals surface area contributed by atoms with E-state index in [0.29, 0.717) is 17.1 Å². The molecule has 1 heterocycles. The Hall–Kier alpha value is -2.68. The van der Waals surface area contributed by atoms with Gasteiger partial charge in [-0.25, -0.2) is 4.72 Å². The predicted molar refractivity (Wildman–Crippen MR) is 139 cm³/mol. The second kappa shape index (κ2) is 19.0. The molecule has 8 heteroatoms. The van der Waals surface area contributed by atoms with E-state index >= 15 is 0 Å². The molecule has 0 bridgehead atoms. The number of aromatic nitrogens is 1. The zero-order valence-corrected chi connectivity index (χ0v) is 19.3. The Morgan fingerprint density at radius 1 is 1.19 bits per heavy atom. The molecule has 1 atom stereocenters. The molecule has 2 aromatic rings. The number of benzene rings is 1. The predicted octanol–water partition coefficient (Wildman–Crippen LogP) is 2.12. The van der Waals surface area contributed by atoms with Crippen molar-refractivity contribution in [2.45, 2.75) is 34.2 Å². The molecule has 1 unspecified atom stereocenters. The van der Waals surface area contributed by atoms with Crippen LogP contribution in [0.25, 0.3) is 12.7 Å². The third-order valence-corrected chi connectivity index (χ3v) is 4.66. The van der Waals surface area contributed by atoms with E-state index in [1.807, 2.05) is 57.2 Å². The third kappa shape index (κ3) is 11.1. The average molecular weight is 455 g/mol. The zero-order chi connectivity index (χ0) is 23.6. The van der Waals surface area contributed by atoms with Gasteiger partial charge >= 0.3 is 0 Å². The molecule has 0 aliphatic heterocycles. The zero-order valence-electron chi connectivity index (χ0n) is 18.5. The van der Waals surface area contributed by atoms with E-state index in [-0.39, 0.29) is 13.0 Å². The highest BCUT2D eigenvalue weighted by Crippen LogP contribution is 2.19. The fraction of sp³-hybridized carbons (Fsp3) is 0.292. The Balaban J connectivity index is 0. The number of carbonyl (C=O) groups excluding carboxylic acids is 2. The van der Waals surface area contributed by atoms with E-state index in [2.05, 4.69) is 16.6 Å². The van der Waals surface area contributed by atoms with Crippen molar-refractivity contribution < 1.29 is 9.59 Å². The summed E-state index contributed by atoms with van der Waals surface area (Å²) in [6.45, 7) is 10.2. The summed E-state index contributed by atoms with van der Waals surface area (Å²) in [5.41, 5.74) is 0.570. The van der Waals surface area contributed by atoms with Gasteiger partial charge in [0.2, 0.25) is 13.5 Å². The van der Waals surface area contributed by atoms with Crippen molar-refractivity contribution in [3.8, 4) is 0 Å². The Morgan fingerprint density at radius 2 is 1.81 bits per heavy atom. The summed E-state index contributed by atoms with van der Waals surface area (Å²) >= 11 is 1.29. The number of hydrogen-bond donors (Lipinski definition) is 2. The lowest BCUT2D eigenvalue weighted by molar-refractivity contribution is -0.109. The highest BCUT2D eigenvalue weighted by molar-refractivity contribution is 8.01. The van der Waals surface area contributed by atoms with Crippen LogP contribution in [0.4, 0.5) is 0 Å². The average Bonchev–Trinajstić information content (AvgIpc) is 2.81. The van der Waals surface area contributed by atoms with Crippen molar-refractivity contribution in [3.63, 3.8) is 0 Å². The van der Waals surface area contributed by atoms with Gasteiger partial charge in [-0.05, 0) is 48.8 Å². The van der Waals surface area contributed by atoms with Crippen molar-refractivity contribution in [1.29, 1.82) is 0 Å². The summed E-state index contributed by atoms with van der Waals surface area (Å²) in [5, 5.41) is 3.82. The molecule has 0 saturated carbocycles. The number of aldehydes is 2. The van der Waals surface area contributed by atoms with Crippen LogP contribution in [0.2, 0.25) is 0 Å². The van der Waals surface area contributed by atoms with Gasteiger partial charge in [-0.1, -0.05) is 64.3 Å². The Bertz CT molecular complexity index is 992. The summed E-state index contributed by atoms with van der Waals surface area (Å²) in [5.74, 6) is 0. The number of hydrogen-bond acceptors (Lipinski definition) is 6. The summed E-state index contributed by atoms with van der Waals surface area (Å²) in [4.78, 5) is 33.2. The van der Waals surface area contributed by atoms with Gasteiger partial charge in [0.25, 0.3) is 0 Å². The van der Waals surface area contributed by atoms with Crippen LogP contribution in [0.1, 0.15) is 39.8 Å². The van der Waals surface area contributed by atoms with Crippen molar-refractivity contribution in [3.05, 3.63) is 79.9 Å². The number of allylic oxidation sites excluding steroid dienone is 2. The van der Waals surface area contributed by atoms with Crippen LogP contribution in [0.5, 0.6) is 0 Å². The van der Waals surface area contributed by atoms with Gasteiger partial charge < -0.3 is 19.4 Å². The van der Waals surface area contributed by atoms with Gasteiger partial charge in [0.15, 0.2) is 0 Å². The van der Waals surface area contributed by atoms with Crippen LogP contribution < -0.4 is 26.2 Å². The lowest BCUT2D eigenvalue weighted by atomic mass is 10.1. The van der Waals surface area contributed by atoms with Gasteiger partial charge in [-0.2, -0.15) is 0 Å². The van der Waals surface area contributed by atoms with E-state index < -0.39 is 6.04 Å². The van der Waals surface area contributed by atoms with Gasteiger partial charge in [0, 0.05) is 16.3 Å². The number of nitrogens with one attached hydrogen (secondary N) is 2. The molecular formula is C24H34BN3O3S. The molecule has 32 heavy (non-hydrogen) atoms. The molecule has 0 saturated heterocycles. The number of carbonyl (C=O) groups is 2. The van der Waals surface area contributed by atoms with Gasteiger partial charge in [-0.15, -0.1) is 0 Å². The maximum absolute atomic E-state index is 11.7. The highest BCUT2D eigenvalue weighted by Gasteiger charge is 2.09. The number of nitrogens with zero attached hydrogens (tertiary/aromatic N) is 1. The first-order chi connectivity index (χ1) is 15.0. The smallest absolute Gasteiger partial charge is 0.239 e. The molecule has 2 N–H and O–H groups in total. The Morgan fingerprint density at radius 3 is 2.28 bits per heavy atom. The van der Waals surface area contributed by atoms with Crippen LogP contribution in [0.3, 0.4) is 0 Å². The molecule has 1 aromatic carbocycles. The molecule has 6 nitrogen and oxygen atoms in total. The maximum Gasteiger partial charge on any atom is 0.239 e. The number of likely N-dealkylation sites (N-methyl/N-ethyl adjacent to an activating group) is 1. The minimum Gasteiger partial charge on any atom is -0.365 e. The second-order valence-corrected chi connectivity index (χ2v) is 6.67. The molecular weight excluding hydrogens is 421 g/mol. The summed E-state index contributed by atoms with van der Waals surface area (Å²) in [6, 6.07) is 12.0. The molecule has 2 radical (unpaired) electrons. The first-order valence-electron chi connectivity index (χ1n) is 9.83. The normalized spacial score (nSPS) is 11.6. The minimum atomic E-state index is -0.436. The molecule has 2 rings (SSSR count). The van der Waals surface area contributed by atoms with E-state index in [4.69, 9.17) is 7.98 Å². The van der Waals surface area contributed by atoms with Gasteiger partial charge in [0.05, 0.1) is 12.6 Å². The van der Waals surface area contributed by atoms with Gasteiger partial charge in [0.1, 0.15) is 12.6 Å². The second-order valence-electron chi connectivity index (χ2n) is 5.76. The van der Waals surface area contributed by atoms with E-state index in [1.54, 1.807) is 19.2 Å². The highest BCUT2D eigenvalue weighted by atomic mass is 32.2. The molecule has 0 spiro atoms. The van der Waals surface area contributed by atoms with Crippen molar-refractivity contribution in [2.24, 2.45) is 0 Å². The van der Waals surface area contributed by atoms with Crippen molar-refractivity contribution in [2.75, 3.05) is 13.6 Å². The summed E-state index contributed by atoms with van der Waals surface area (Å²) in [6.07, 6.45) is 5.29. The largest absolute Gasteiger partial charge is 0.365 e. The van der Waals surface area contributed by atoms with Crippen LogP contribution in [-0.2, 0) is 9.59 Å². The first-order valence-corrected chi connectivity index (χ1v) is 10.6. The fourth-order valence-electron chi connectivity index (χ4n) is 2.13. The third-order valence-electron chi connectivity index (χ3n) is 3.70. The molecule has 0 aliphatic carbocycles. The SMILES string of the molecule is C.CC.CNCC=O.[B]n1c(=O)ccc(=C)/c1=C\C(=C/C)SNC(C=O)c1ccccc1. The molecule has 172 valence electrons. The molecule has 0 amide bonds. The lowest BCUT2D eigenvalue weighted by Gasteiger charge is -2.12. The first kappa shape index (κ1) is 31.5. The maximum atomic E-state index is 11.7. The number of rotatable bonds is 8. The monoisotopic (exact) mass is 455 g/mol. The topological polar surface area (TPSA) is 80.2 Å². The van der Waals surface area contributed by atoms with E-state index in [0.717, 1.165) is 27.5 Å². The molecule has 0 fully saturated rings. The fourth-order valence-corrected chi connectivity index (χ4v) is 2.87. The Labute approximate surface area is 197 Å². The van der Waals surface area contributed by atoms with Crippen LogP contribution in [0, 0.1) is 0 Å². The standard InChI is InChI=1S/C18H17BN2O2S.C3H7NO.C2H6.CH4/c1-3-15(11-17-13(2)9-10-18(23)21(17)19)24-20-16(12-22)14-7-5-4-6-8-14;1-4-2-3-5;1-2;/h3-12,16,20H,2H2,1H3;3-4H,2H2,1H3;1-2H3;1H4/b15-3+,17-11+;;;. The summed E-state index contributed by atoms with van der Waals surface area (Å²) < 4.78 is 4.17. The quantitative estimate of drug-likeness (QED) is 0.361. The van der Waals surface area contributed by atoms with Crippen molar-refractivity contribution in [1.82, 2.24) is 14.5 Å². The van der Waals surface area contributed by atoms with Crippen molar-refractivity contribution >= 4 is 45.2 Å². The van der Waals surface area contributed by atoms with Crippen LogP contribution >= 0.6 is 11.9 Å². The minimum absolute atomic E-state index is 0. The van der Waals surface area contributed by atoms with Crippen LogP contribution in [-0.4, -0.2) is 38.6 Å². The van der Waals surface area contributed by atoms with E-state index in [9.17, 15) is 14.4 Å². The molecule has 1 aromatic heterocycles.